The second-order valence-corrected chi connectivity index (χ2v) is 6.53. The van der Waals surface area contributed by atoms with Gasteiger partial charge in [0, 0.05) is 30.1 Å². The fraction of sp³-hybridized carbons (Fsp3) is 0.562. The molecule has 20 heavy (non-hydrogen) atoms. The molecular formula is C16H23ClN2O. The molecule has 0 spiro atoms. The topological polar surface area (TPSA) is 46.3 Å². The van der Waals surface area contributed by atoms with E-state index in [0.29, 0.717) is 12.5 Å². The summed E-state index contributed by atoms with van der Waals surface area (Å²) in [6, 6.07) is 8.02. The minimum Gasteiger partial charge on any atom is -0.341 e. The first-order valence-electron chi connectivity index (χ1n) is 7.24. The molecule has 2 rings (SSSR count). The molecule has 3 nitrogen and oxygen atoms in total. The molecule has 1 amide bonds. The van der Waals surface area contributed by atoms with E-state index in [1.54, 1.807) is 0 Å². The first kappa shape index (κ1) is 15.3. The van der Waals surface area contributed by atoms with E-state index in [0.717, 1.165) is 24.4 Å². The van der Waals surface area contributed by atoms with Gasteiger partial charge in [-0.25, -0.2) is 0 Å². The maximum Gasteiger partial charge on any atom is 0.225 e. The van der Waals surface area contributed by atoms with Gasteiger partial charge >= 0.3 is 0 Å². The summed E-state index contributed by atoms with van der Waals surface area (Å²) in [5.74, 6) is 0.681. The van der Waals surface area contributed by atoms with Gasteiger partial charge in [-0.05, 0) is 36.5 Å². The first-order chi connectivity index (χ1) is 9.45. The minimum absolute atomic E-state index is 0.0384. The van der Waals surface area contributed by atoms with Crippen molar-refractivity contribution in [3.05, 3.63) is 34.9 Å². The Balaban J connectivity index is 2.01. The zero-order chi connectivity index (χ0) is 14.7. The minimum atomic E-state index is 0.0384. The summed E-state index contributed by atoms with van der Waals surface area (Å²) in [5, 5.41) is 0.755. The molecule has 4 heteroatoms. The van der Waals surface area contributed by atoms with Gasteiger partial charge in [-0.15, -0.1) is 0 Å². The van der Waals surface area contributed by atoms with Crippen molar-refractivity contribution in [1.82, 2.24) is 4.90 Å². The van der Waals surface area contributed by atoms with Crippen LogP contribution in [0.4, 0.5) is 0 Å². The van der Waals surface area contributed by atoms with Crippen LogP contribution < -0.4 is 5.73 Å². The van der Waals surface area contributed by atoms with Crippen LogP contribution in [0.5, 0.6) is 0 Å². The van der Waals surface area contributed by atoms with Gasteiger partial charge in [0.1, 0.15) is 0 Å². The maximum absolute atomic E-state index is 12.1. The first-order valence-corrected chi connectivity index (χ1v) is 7.62. The monoisotopic (exact) mass is 294 g/mol. The van der Waals surface area contributed by atoms with Crippen LogP contribution in [0.3, 0.4) is 0 Å². The standard InChI is InChI=1S/C16H23ClN2O/c1-11(2)16(20)19-9-13(8-15(18)10-19)7-12-3-5-14(17)6-4-12/h3-6,11,13,15H,7-10,18H2,1-2H3. The van der Waals surface area contributed by atoms with E-state index >= 15 is 0 Å². The van der Waals surface area contributed by atoms with Gasteiger partial charge in [0.25, 0.3) is 0 Å². The SMILES string of the molecule is CC(C)C(=O)N1CC(N)CC(Cc2ccc(Cl)cc2)C1. The van der Waals surface area contributed by atoms with Gasteiger partial charge in [-0.1, -0.05) is 37.6 Å². The molecule has 0 saturated carbocycles. The summed E-state index contributed by atoms with van der Waals surface area (Å²) >= 11 is 5.90. The van der Waals surface area contributed by atoms with Crippen molar-refractivity contribution in [2.45, 2.75) is 32.7 Å². The number of nitrogens with zero attached hydrogens (tertiary/aromatic N) is 1. The van der Waals surface area contributed by atoms with Crippen LogP contribution in [-0.2, 0) is 11.2 Å². The molecule has 2 atom stereocenters. The van der Waals surface area contributed by atoms with E-state index in [9.17, 15) is 4.79 Å². The van der Waals surface area contributed by atoms with Crippen molar-refractivity contribution < 1.29 is 4.79 Å². The Morgan fingerprint density at radius 3 is 2.60 bits per heavy atom. The van der Waals surface area contributed by atoms with Gasteiger partial charge in [0.05, 0.1) is 0 Å². The molecule has 1 saturated heterocycles. The highest BCUT2D eigenvalue weighted by molar-refractivity contribution is 6.30. The van der Waals surface area contributed by atoms with Gasteiger partial charge < -0.3 is 10.6 Å². The van der Waals surface area contributed by atoms with Gasteiger partial charge in [-0.2, -0.15) is 0 Å². The molecule has 1 aromatic rings. The lowest BCUT2D eigenvalue weighted by atomic mass is 9.88. The zero-order valence-electron chi connectivity index (χ0n) is 12.2. The smallest absolute Gasteiger partial charge is 0.225 e. The second kappa shape index (κ2) is 6.59. The number of benzene rings is 1. The molecule has 1 aromatic carbocycles. The number of amides is 1. The summed E-state index contributed by atoms with van der Waals surface area (Å²) < 4.78 is 0. The predicted molar refractivity (Wildman–Crippen MR) is 82.7 cm³/mol. The predicted octanol–water partition coefficient (Wildman–Crippen LogP) is 2.71. The number of carbonyl (C=O) groups is 1. The van der Waals surface area contributed by atoms with Crippen LogP contribution >= 0.6 is 11.6 Å². The highest BCUT2D eigenvalue weighted by Gasteiger charge is 2.29. The Morgan fingerprint density at radius 1 is 1.35 bits per heavy atom. The average molecular weight is 295 g/mol. The molecule has 2 N–H and O–H groups in total. The molecule has 1 aliphatic heterocycles. The van der Waals surface area contributed by atoms with Crippen molar-refractivity contribution in [2.24, 2.45) is 17.6 Å². The van der Waals surface area contributed by atoms with Crippen molar-refractivity contribution >= 4 is 17.5 Å². The van der Waals surface area contributed by atoms with Crippen LogP contribution in [-0.4, -0.2) is 29.9 Å². The quantitative estimate of drug-likeness (QED) is 0.932. The fourth-order valence-electron chi connectivity index (χ4n) is 2.89. The molecule has 1 aliphatic rings. The van der Waals surface area contributed by atoms with Crippen molar-refractivity contribution in [1.29, 1.82) is 0 Å². The number of piperidine rings is 1. The number of likely N-dealkylation sites (tertiary alicyclic amines) is 1. The lowest BCUT2D eigenvalue weighted by molar-refractivity contribution is -0.136. The highest BCUT2D eigenvalue weighted by Crippen LogP contribution is 2.22. The molecule has 0 bridgehead atoms. The summed E-state index contributed by atoms with van der Waals surface area (Å²) in [7, 11) is 0. The van der Waals surface area contributed by atoms with Crippen molar-refractivity contribution in [3.8, 4) is 0 Å². The lowest BCUT2D eigenvalue weighted by Gasteiger charge is -2.37. The average Bonchev–Trinajstić information content (AvgIpc) is 2.40. The van der Waals surface area contributed by atoms with Crippen LogP contribution in [0.2, 0.25) is 5.02 Å². The molecule has 0 aliphatic carbocycles. The lowest BCUT2D eigenvalue weighted by Crippen LogP contribution is -2.51. The van der Waals surface area contributed by atoms with Crippen molar-refractivity contribution in [2.75, 3.05) is 13.1 Å². The maximum atomic E-state index is 12.1. The largest absolute Gasteiger partial charge is 0.341 e. The van der Waals surface area contributed by atoms with E-state index in [1.165, 1.54) is 5.56 Å². The molecule has 110 valence electrons. The Morgan fingerprint density at radius 2 is 2.00 bits per heavy atom. The van der Waals surface area contributed by atoms with Crippen LogP contribution in [0.25, 0.3) is 0 Å². The van der Waals surface area contributed by atoms with Gasteiger partial charge in [0.15, 0.2) is 0 Å². The van der Waals surface area contributed by atoms with E-state index in [-0.39, 0.29) is 17.9 Å². The fourth-order valence-corrected chi connectivity index (χ4v) is 3.02. The Labute approximate surface area is 126 Å². The number of hydrogen-bond acceptors (Lipinski definition) is 2. The molecule has 1 heterocycles. The number of hydrogen-bond donors (Lipinski definition) is 1. The summed E-state index contributed by atoms with van der Waals surface area (Å²) in [4.78, 5) is 14.1. The zero-order valence-corrected chi connectivity index (χ0v) is 12.9. The summed E-state index contributed by atoms with van der Waals surface area (Å²) in [6.07, 6.45) is 1.93. The third kappa shape index (κ3) is 3.97. The Bertz CT molecular complexity index is 458. The number of rotatable bonds is 3. The Hall–Kier alpha value is -1.06. The Kier molecular flexibility index (Phi) is 5.06. The highest BCUT2D eigenvalue weighted by atomic mass is 35.5. The molecule has 0 aromatic heterocycles. The van der Waals surface area contributed by atoms with Crippen LogP contribution in [0.15, 0.2) is 24.3 Å². The number of halogens is 1. The molecular weight excluding hydrogens is 272 g/mol. The van der Waals surface area contributed by atoms with E-state index < -0.39 is 0 Å². The van der Waals surface area contributed by atoms with Crippen LogP contribution in [0, 0.1) is 11.8 Å². The number of carbonyl (C=O) groups excluding carboxylic acids is 1. The van der Waals surface area contributed by atoms with E-state index in [2.05, 4.69) is 12.1 Å². The van der Waals surface area contributed by atoms with Gasteiger partial charge in [0.2, 0.25) is 5.91 Å². The molecule has 1 fully saturated rings. The van der Waals surface area contributed by atoms with E-state index in [4.69, 9.17) is 17.3 Å². The second-order valence-electron chi connectivity index (χ2n) is 6.09. The normalized spacial score (nSPS) is 23.1. The summed E-state index contributed by atoms with van der Waals surface area (Å²) in [5.41, 5.74) is 7.37. The van der Waals surface area contributed by atoms with E-state index in [1.807, 2.05) is 30.9 Å². The van der Waals surface area contributed by atoms with Gasteiger partial charge in [-0.3, -0.25) is 4.79 Å². The number of nitrogens with two attached hydrogens (primary N) is 1. The molecule has 0 radical (unpaired) electrons. The summed E-state index contributed by atoms with van der Waals surface area (Å²) in [6.45, 7) is 5.38. The van der Waals surface area contributed by atoms with Crippen LogP contribution in [0.1, 0.15) is 25.8 Å². The third-order valence-electron chi connectivity index (χ3n) is 3.81. The van der Waals surface area contributed by atoms with Crippen molar-refractivity contribution in [3.63, 3.8) is 0 Å². The molecule has 2 unspecified atom stereocenters. The third-order valence-corrected chi connectivity index (χ3v) is 4.06.